The molecule has 2 rings (SSSR count). The molecule has 1 N–H and O–H groups in total. The van der Waals surface area contributed by atoms with Gasteiger partial charge in [-0.3, -0.25) is 0 Å². The van der Waals surface area contributed by atoms with Crippen molar-refractivity contribution in [1.82, 2.24) is 0 Å². The first-order valence-corrected chi connectivity index (χ1v) is 15.6. The summed E-state index contributed by atoms with van der Waals surface area (Å²) in [5.41, 5.74) is 0. The predicted octanol–water partition coefficient (Wildman–Crippen LogP) is 8.22. The summed E-state index contributed by atoms with van der Waals surface area (Å²) in [6.45, 7) is 4.18. The van der Waals surface area contributed by atoms with Crippen LogP contribution in [0.2, 0.25) is 0 Å². The molecule has 0 bridgehead atoms. The Morgan fingerprint density at radius 1 is 0.528 bits per heavy atom. The van der Waals surface area contributed by atoms with Gasteiger partial charge in [-0.05, 0) is 54.7 Å². The van der Waals surface area contributed by atoms with Gasteiger partial charge in [0.25, 0.3) is 0 Å². The molecule has 1 aliphatic carbocycles. The summed E-state index contributed by atoms with van der Waals surface area (Å²) in [5.74, 6) is 1.86. The fourth-order valence-electron chi connectivity index (χ4n) is 5.05. The molecule has 0 aromatic heterocycles. The van der Waals surface area contributed by atoms with Crippen molar-refractivity contribution in [2.45, 2.75) is 142 Å². The molecule has 0 spiro atoms. The maximum Gasteiger partial charge on any atom is 0.161 e. The quantitative estimate of drug-likeness (QED) is 0.145. The van der Waals surface area contributed by atoms with Gasteiger partial charge in [0.05, 0.1) is 13.2 Å². The lowest BCUT2D eigenvalue weighted by Gasteiger charge is -2.14. The lowest BCUT2D eigenvalue weighted by Crippen LogP contribution is -2.27. The zero-order chi connectivity index (χ0) is 25.5. The molecule has 3 heteroatoms. The molecular formula is C33H56O3. The lowest BCUT2D eigenvalue weighted by atomic mass is 10.1. The molecule has 206 valence electrons. The summed E-state index contributed by atoms with van der Waals surface area (Å²) in [5, 5.41) is 11.4. The molecule has 0 heterocycles. The molecule has 36 heavy (non-hydrogen) atoms. The van der Waals surface area contributed by atoms with E-state index in [0.29, 0.717) is 6.61 Å². The van der Waals surface area contributed by atoms with E-state index in [1.165, 1.54) is 113 Å². The van der Waals surface area contributed by atoms with Gasteiger partial charge in [-0.2, -0.15) is 0 Å². The number of aliphatic hydroxyl groups excluding tert-OH is 1. The Kier molecular flexibility index (Phi) is 18.4. The first kappa shape index (κ1) is 30.7. The first-order valence-electron chi connectivity index (χ1n) is 15.6. The molecule has 3 nitrogen and oxygen atoms in total. The molecule has 0 aliphatic heterocycles. The third kappa shape index (κ3) is 14.3. The number of ether oxygens (including phenoxy) is 2. The van der Waals surface area contributed by atoms with Crippen molar-refractivity contribution in [1.29, 1.82) is 0 Å². The van der Waals surface area contributed by atoms with Crippen molar-refractivity contribution in [3.63, 3.8) is 0 Å². The Balaban J connectivity index is 1.63. The van der Waals surface area contributed by atoms with Crippen LogP contribution in [0.25, 0.3) is 12.2 Å². The molecular weight excluding hydrogens is 444 g/mol. The summed E-state index contributed by atoms with van der Waals surface area (Å²) >= 11 is 0. The van der Waals surface area contributed by atoms with E-state index in [1.54, 1.807) is 0 Å². The Bertz CT molecular complexity index is 705. The maximum atomic E-state index is 8.84. The van der Waals surface area contributed by atoms with E-state index < -0.39 is 0 Å². The number of hydrogen-bond donors (Lipinski definition) is 1. The van der Waals surface area contributed by atoms with Crippen molar-refractivity contribution < 1.29 is 14.6 Å². The van der Waals surface area contributed by atoms with Gasteiger partial charge in [-0.25, -0.2) is 0 Å². The second-order valence-electron chi connectivity index (χ2n) is 10.7. The number of rotatable bonds is 24. The molecule has 0 radical (unpaired) electrons. The highest BCUT2D eigenvalue weighted by molar-refractivity contribution is 5.48. The zero-order valence-electron chi connectivity index (χ0n) is 23.5. The lowest BCUT2D eigenvalue weighted by molar-refractivity contribution is 0.258. The fraction of sp³-hybridized carbons (Fsp3) is 0.758. The van der Waals surface area contributed by atoms with E-state index in [0.717, 1.165) is 56.8 Å². The van der Waals surface area contributed by atoms with Crippen LogP contribution in [0.5, 0.6) is 11.5 Å². The second kappa shape index (κ2) is 21.6. The average Bonchev–Trinajstić information content (AvgIpc) is 2.90. The molecule has 1 aliphatic rings. The monoisotopic (exact) mass is 500 g/mol. The van der Waals surface area contributed by atoms with Gasteiger partial charge in [0.2, 0.25) is 0 Å². The van der Waals surface area contributed by atoms with Crippen LogP contribution < -0.4 is 19.9 Å². The molecule has 0 amide bonds. The molecule has 0 saturated carbocycles. The summed E-state index contributed by atoms with van der Waals surface area (Å²) in [7, 11) is 0. The van der Waals surface area contributed by atoms with Gasteiger partial charge in [0.15, 0.2) is 11.5 Å². The standard InChI is InChI=1S/C33H56O3/c1-2-3-4-5-6-7-10-13-16-21-26-35-32-28-30-23-18-19-24-31(30)29-33(32)36-27-22-17-14-11-8-9-12-15-20-25-34/h23-24,28-29,34H,2-22,25-27H2,1H3. The highest BCUT2D eigenvalue weighted by Crippen LogP contribution is 2.25. The fourth-order valence-corrected chi connectivity index (χ4v) is 5.05. The van der Waals surface area contributed by atoms with Crippen molar-refractivity contribution in [2.24, 2.45) is 0 Å². The minimum atomic E-state index is 0.340. The highest BCUT2D eigenvalue weighted by Gasteiger charge is 2.08. The van der Waals surface area contributed by atoms with Crippen LogP contribution in [0.1, 0.15) is 142 Å². The van der Waals surface area contributed by atoms with E-state index in [2.05, 4.69) is 31.2 Å². The molecule has 0 saturated heterocycles. The van der Waals surface area contributed by atoms with Gasteiger partial charge in [0, 0.05) is 6.61 Å². The summed E-state index contributed by atoms with van der Waals surface area (Å²) in [6, 6.07) is 4.40. The Hall–Kier alpha value is -1.48. The van der Waals surface area contributed by atoms with Crippen LogP contribution in [-0.4, -0.2) is 24.9 Å². The number of aliphatic hydroxyl groups is 1. The molecule has 1 aromatic carbocycles. The van der Waals surface area contributed by atoms with Gasteiger partial charge in [-0.1, -0.05) is 122 Å². The first-order chi connectivity index (χ1) is 17.8. The van der Waals surface area contributed by atoms with E-state index in [9.17, 15) is 0 Å². The van der Waals surface area contributed by atoms with Crippen molar-refractivity contribution in [2.75, 3.05) is 19.8 Å². The van der Waals surface area contributed by atoms with E-state index in [1.807, 2.05) is 0 Å². The van der Waals surface area contributed by atoms with E-state index in [4.69, 9.17) is 14.6 Å². The van der Waals surface area contributed by atoms with Crippen molar-refractivity contribution >= 4 is 12.2 Å². The molecule has 0 atom stereocenters. The third-order valence-corrected chi connectivity index (χ3v) is 7.36. The number of hydrogen-bond acceptors (Lipinski definition) is 3. The van der Waals surface area contributed by atoms with Gasteiger partial charge in [0.1, 0.15) is 0 Å². The van der Waals surface area contributed by atoms with E-state index in [-0.39, 0.29) is 0 Å². The normalized spacial score (nSPS) is 12.6. The smallest absolute Gasteiger partial charge is 0.161 e. The van der Waals surface area contributed by atoms with Gasteiger partial charge < -0.3 is 14.6 Å². The number of unbranched alkanes of at least 4 members (excludes halogenated alkanes) is 17. The molecule has 0 fully saturated rings. The third-order valence-electron chi connectivity index (χ3n) is 7.36. The summed E-state index contributed by atoms with van der Waals surface area (Å²) in [4.78, 5) is 0. The summed E-state index contributed by atoms with van der Waals surface area (Å²) in [6.07, 6.45) is 31.3. The van der Waals surface area contributed by atoms with Crippen LogP contribution in [0.15, 0.2) is 12.1 Å². The van der Waals surface area contributed by atoms with Gasteiger partial charge >= 0.3 is 0 Å². The Morgan fingerprint density at radius 3 is 1.28 bits per heavy atom. The summed E-state index contributed by atoms with van der Waals surface area (Å²) < 4.78 is 12.5. The van der Waals surface area contributed by atoms with Crippen LogP contribution in [0.4, 0.5) is 0 Å². The minimum Gasteiger partial charge on any atom is -0.490 e. The van der Waals surface area contributed by atoms with Gasteiger partial charge in [-0.15, -0.1) is 0 Å². The number of benzene rings is 1. The predicted molar refractivity (Wildman–Crippen MR) is 155 cm³/mol. The molecule has 1 aromatic rings. The van der Waals surface area contributed by atoms with Crippen LogP contribution in [0, 0.1) is 0 Å². The largest absolute Gasteiger partial charge is 0.490 e. The molecule has 0 unspecified atom stereocenters. The average molecular weight is 501 g/mol. The number of fused-ring (bicyclic) bond motifs is 1. The highest BCUT2D eigenvalue weighted by atomic mass is 16.5. The Labute approximate surface area is 222 Å². The Morgan fingerprint density at radius 2 is 0.889 bits per heavy atom. The van der Waals surface area contributed by atoms with Crippen molar-refractivity contribution in [3.05, 3.63) is 22.6 Å². The van der Waals surface area contributed by atoms with Crippen LogP contribution in [-0.2, 0) is 0 Å². The zero-order valence-corrected chi connectivity index (χ0v) is 23.5. The van der Waals surface area contributed by atoms with Crippen LogP contribution >= 0.6 is 0 Å². The topological polar surface area (TPSA) is 38.7 Å². The maximum absolute atomic E-state index is 8.84. The van der Waals surface area contributed by atoms with E-state index >= 15 is 0 Å². The minimum absolute atomic E-state index is 0.340. The SMILES string of the molecule is CCCCCCCCCCCCOc1cc2c(cc1OCCCCCCCCCCCO)=CCCC=2. The van der Waals surface area contributed by atoms with Crippen molar-refractivity contribution in [3.8, 4) is 11.5 Å². The van der Waals surface area contributed by atoms with Crippen LogP contribution in [0.3, 0.4) is 0 Å². The second-order valence-corrected chi connectivity index (χ2v) is 10.7.